The van der Waals surface area contributed by atoms with E-state index < -0.39 is 0 Å². The highest BCUT2D eigenvalue weighted by Gasteiger charge is 2.24. The molecule has 4 heterocycles. The molecular weight excluding hydrogens is 268 g/mol. The van der Waals surface area contributed by atoms with Crippen molar-refractivity contribution in [2.75, 3.05) is 44.4 Å². The van der Waals surface area contributed by atoms with Crippen LogP contribution in [0.15, 0.2) is 12.5 Å². The number of aromatic nitrogens is 3. The van der Waals surface area contributed by atoms with E-state index >= 15 is 0 Å². The van der Waals surface area contributed by atoms with E-state index in [0.717, 1.165) is 62.8 Å². The van der Waals surface area contributed by atoms with Crippen LogP contribution in [0.1, 0.15) is 24.3 Å². The van der Waals surface area contributed by atoms with Crippen molar-refractivity contribution in [2.45, 2.75) is 18.8 Å². The molecule has 6 nitrogen and oxygen atoms in total. The molecule has 1 unspecified atom stereocenters. The van der Waals surface area contributed by atoms with Crippen molar-refractivity contribution in [2.24, 2.45) is 0 Å². The van der Waals surface area contributed by atoms with Crippen molar-refractivity contribution in [3.05, 3.63) is 18.1 Å². The van der Waals surface area contributed by atoms with Crippen LogP contribution in [0.5, 0.6) is 0 Å². The molecule has 21 heavy (non-hydrogen) atoms. The number of rotatable bonds is 2. The Morgan fingerprint density at radius 1 is 1.14 bits per heavy atom. The summed E-state index contributed by atoms with van der Waals surface area (Å²) in [6.07, 6.45) is 6.02. The highest BCUT2D eigenvalue weighted by atomic mass is 16.5. The first-order valence-electron chi connectivity index (χ1n) is 7.66. The Balaban J connectivity index is 1.77. The lowest BCUT2D eigenvalue weighted by atomic mass is 9.93. The Labute approximate surface area is 123 Å². The summed E-state index contributed by atoms with van der Waals surface area (Å²) in [6, 6.07) is 0. The van der Waals surface area contributed by atoms with E-state index in [9.17, 15) is 0 Å². The van der Waals surface area contributed by atoms with Crippen LogP contribution in [0.4, 0.5) is 5.82 Å². The van der Waals surface area contributed by atoms with Crippen molar-refractivity contribution >= 4 is 16.9 Å². The first-order valence-corrected chi connectivity index (χ1v) is 7.66. The zero-order chi connectivity index (χ0) is 14.1. The highest BCUT2D eigenvalue weighted by Crippen LogP contribution is 2.35. The molecule has 6 heteroatoms. The third-order valence-electron chi connectivity index (χ3n) is 4.39. The van der Waals surface area contributed by atoms with Crippen molar-refractivity contribution in [1.82, 2.24) is 15.0 Å². The van der Waals surface area contributed by atoms with E-state index in [4.69, 9.17) is 9.47 Å². The summed E-state index contributed by atoms with van der Waals surface area (Å²) in [4.78, 5) is 14.5. The number of ether oxygens (including phenoxy) is 2. The molecule has 0 aromatic carbocycles. The van der Waals surface area contributed by atoms with Gasteiger partial charge >= 0.3 is 0 Å². The molecule has 0 saturated carbocycles. The molecular formula is C15H20N4O2. The summed E-state index contributed by atoms with van der Waals surface area (Å²) in [7, 11) is 0. The lowest BCUT2D eigenvalue weighted by Gasteiger charge is -2.29. The fourth-order valence-electron chi connectivity index (χ4n) is 3.29. The molecule has 2 aliphatic heterocycles. The summed E-state index contributed by atoms with van der Waals surface area (Å²) in [5.41, 5.74) is 2.22. The topological polar surface area (TPSA) is 63.3 Å². The molecule has 0 bridgehead atoms. The van der Waals surface area contributed by atoms with Gasteiger partial charge in [0, 0.05) is 31.8 Å². The smallest absolute Gasteiger partial charge is 0.143 e. The summed E-state index contributed by atoms with van der Waals surface area (Å²) in [5.74, 6) is 1.48. The second kappa shape index (κ2) is 5.61. The molecule has 4 rings (SSSR count). The van der Waals surface area contributed by atoms with Crippen LogP contribution in [-0.4, -0.2) is 54.5 Å². The van der Waals surface area contributed by atoms with Gasteiger partial charge in [0.1, 0.15) is 17.8 Å². The molecule has 1 N–H and O–H groups in total. The minimum absolute atomic E-state index is 0.443. The van der Waals surface area contributed by atoms with Crippen LogP contribution < -0.4 is 4.90 Å². The zero-order valence-corrected chi connectivity index (χ0v) is 12.0. The maximum atomic E-state index is 5.65. The van der Waals surface area contributed by atoms with Gasteiger partial charge in [-0.05, 0) is 18.4 Å². The third-order valence-corrected chi connectivity index (χ3v) is 4.39. The number of nitrogens with one attached hydrogen (secondary N) is 1. The second-order valence-corrected chi connectivity index (χ2v) is 5.68. The second-order valence-electron chi connectivity index (χ2n) is 5.68. The summed E-state index contributed by atoms with van der Waals surface area (Å²) in [6.45, 7) is 4.97. The summed E-state index contributed by atoms with van der Waals surface area (Å²) < 4.78 is 11.1. The predicted octanol–water partition coefficient (Wildman–Crippen LogP) is 1.69. The van der Waals surface area contributed by atoms with E-state index in [1.807, 2.05) is 0 Å². The van der Waals surface area contributed by atoms with Crippen molar-refractivity contribution in [3.63, 3.8) is 0 Å². The molecule has 1 atom stereocenters. The highest BCUT2D eigenvalue weighted by molar-refractivity contribution is 5.91. The van der Waals surface area contributed by atoms with Crippen LogP contribution in [0.25, 0.3) is 11.0 Å². The van der Waals surface area contributed by atoms with Crippen molar-refractivity contribution in [1.29, 1.82) is 0 Å². The Hall–Kier alpha value is -1.66. The number of nitrogens with zero attached hydrogens (tertiary/aromatic N) is 3. The van der Waals surface area contributed by atoms with Crippen molar-refractivity contribution in [3.8, 4) is 0 Å². The van der Waals surface area contributed by atoms with Crippen LogP contribution in [-0.2, 0) is 9.47 Å². The molecule has 2 aromatic rings. The average molecular weight is 288 g/mol. The van der Waals surface area contributed by atoms with Gasteiger partial charge in [-0.1, -0.05) is 0 Å². The fourth-order valence-corrected chi connectivity index (χ4v) is 3.29. The molecule has 0 amide bonds. The van der Waals surface area contributed by atoms with Gasteiger partial charge in [-0.2, -0.15) is 0 Å². The lowest BCUT2D eigenvalue weighted by Crippen LogP contribution is -2.37. The minimum atomic E-state index is 0.443. The molecule has 2 fully saturated rings. The van der Waals surface area contributed by atoms with Gasteiger partial charge in [-0.3, -0.25) is 0 Å². The molecule has 2 aromatic heterocycles. The maximum Gasteiger partial charge on any atom is 0.143 e. The van der Waals surface area contributed by atoms with E-state index in [-0.39, 0.29) is 0 Å². The molecule has 112 valence electrons. The van der Waals surface area contributed by atoms with Gasteiger partial charge in [-0.25, -0.2) is 9.97 Å². The Bertz CT molecular complexity index is 615. The van der Waals surface area contributed by atoms with Crippen LogP contribution in [0.3, 0.4) is 0 Å². The first-order chi connectivity index (χ1) is 10.4. The molecule has 2 saturated heterocycles. The lowest BCUT2D eigenvalue weighted by molar-refractivity contribution is 0.0808. The van der Waals surface area contributed by atoms with Gasteiger partial charge in [0.2, 0.25) is 0 Å². The van der Waals surface area contributed by atoms with Gasteiger partial charge in [0.05, 0.1) is 25.2 Å². The van der Waals surface area contributed by atoms with Gasteiger partial charge in [0.15, 0.2) is 0 Å². The van der Waals surface area contributed by atoms with E-state index in [2.05, 4.69) is 26.0 Å². The fraction of sp³-hybridized carbons (Fsp3) is 0.600. The van der Waals surface area contributed by atoms with E-state index in [0.29, 0.717) is 5.92 Å². The number of anilines is 1. The van der Waals surface area contributed by atoms with Crippen LogP contribution >= 0.6 is 0 Å². The number of fused-ring (bicyclic) bond motifs is 1. The van der Waals surface area contributed by atoms with Gasteiger partial charge in [0.25, 0.3) is 0 Å². The van der Waals surface area contributed by atoms with Gasteiger partial charge in [-0.15, -0.1) is 0 Å². The number of hydrogen-bond acceptors (Lipinski definition) is 5. The van der Waals surface area contributed by atoms with Crippen LogP contribution in [0.2, 0.25) is 0 Å². The van der Waals surface area contributed by atoms with E-state index in [1.165, 1.54) is 12.0 Å². The molecule has 2 aliphatic rings. The quantitative estimate of drug-likeness (QED) is 0.911. The van der Waals surface area contributed by atoms with E-state index in [1.54, 1.807) is 6.33 Å². The van der Waals surface area contributed by atoms with Crippen LogP contribution in [0, 0.1) is 0 Å². The molecule has 0 spiro atoms. The number of aromatic amines is 1. The normalized spacial score (nSPS) is 23.6. The Morgan fingerprint density at radius 3 is 2.86 bits per heavy atom. The molecule has 0 radical (unpaired) electrons. The minimum Gasteiger partial charge on any atom is -0.381 e. The van der Waals surface area contributed by atoms with Crippen molar-refractivity contribution < 1.29 is 9.47 Å². The monoisotopic (exact) mass is 288 g/mol. The first kappa shape index (κ1) is 13.0. The molecule has 0 aliphatic carbocycles. The summed E-state index contributed by atoms with van der Waals surface area (Å²) in [5, 5.41) is 1.16. The maximum absolute atomic E-state index is 5.65. The third kappa shape index (κ3) is 2.38. The number of morpholine rings is 1. The standard InChI is InChI=1S/C15H20N4O2/c1-2-11(9-21-5-1)12-8-16-14-13(12)15(18-10-17-14)19-3-6-20-7-4-19/h8,10-11H,1-7,9H2,(H,16,17,18). The zero-order valence-electron chi connectivity index (χ0n) is 12.0. The SMILES string of the molecule is c1nc(N2CCOCC2)c2c(C3CCCOC3)c[nH]c2n1. The Kier molecular flexibility index (Phi) is 3.48. The van der Waals surface area contributed by atoms with Gasteiger partial charge < -0.3 is 19.4 Å². The predicted molar refractivity (Wildman–Crippen MR) is 79.7 cm³/mol. The number of hydrogen-bond donors (Lipinski definition) is 1. The summed E-state index contributed by atoms with van der Waals surface area (Å²) >= 11 is 0. The Morgan fingerprint density at radius 2 is 2.05 bits per heavy atom. The average Bonchev–Trinajstić information content (AvgIpc) is 3.00. The number of H-pyrrole nitrogens is 1. The largest absolute Gasteiger partial charge is 0.381 e.